The molecule has 1 aliphatic rings. The third-order valence-corrected chi connectivity index (χ3v) is 3.52. The Morgan fingerprint density at radius 2 is 2.18 bits per heavy atom. The second-order valence-electron chi connectivity index (χ2n) is 4.75. The minimum Gasteiger partial charge on any atom is -0.386 e. The molecule has 17 heavy (non-hydrogen) atoms. The minimum absolute atomic E-state index is 0.0681. The molecule has 0 saturated heterocycles. The van der Waals surface area contributed by atoms with Crippen LogP contribution < -0.4 is 0 Å². The molecule has 3 nitrogen and oxygen atoms in total. The highest BCUT2D eigenvalue weighted by Gasteiger charge is 2.29. The van der Waals surface area contributed by atoms with Crippen molar-refractivity contribution in [3.8, 4) is 0 Å². The normalized spacial score (nSPS) is 23.4. The summed E-state index contributed by atoms with van der Waals surface area (Å²) in [6.07, 6.45) is 5.35. The fourth-order valence-electron chi connectivity index (χ4n) is 2.61. The number of hydrogen-bond acceptors (Lipinski definition) is 2. The molecule has 1 aromatic carbocycles. The first-order valence-corrected chi connectivity index (χ1v) is 6.02. The van der Waals surface area contributed by atoms with Gasteiger partial charge in [-0.15, -0.1) is 0 Å². The van der Waals surface area contributed by atoms with Crippen molar-refractivity contribution in [1.29, 1.82) is 0 Å². The Morgan fingerprint density at radius 3 is 2.94 bits per heavy atom. The summed E-state index contributed by atoms with van der Waals surface area (Å²) in [7, 11) is 0. The summed E-state index contributed by atoms with van der Waals surface area (Å²) < 4.78 is 1.90. The Kier molecular flexibility index (Phi) is 2.48. The van der Waals surface area contributed by atoms with Crippen LogP contribution >= 0.6 is 0 Å². The molecule has 1 aliphatic carbocycles. The van der Waals surface area contributed by atoms with Gasteiger partial charge in [-0.05, 0) is 36.5 Å². The molecule has 2 atom stereocenters. The van der Waals surface area contributed by atoms with Crippen LogP contribution in [0.5, 0.6) is 0 Å². The number of fused-ring (bicyclic) bond motifs is 1. The summed E-state index contributed by atoms with van der Waals surface area (Å²) >= 11 is 0. The van der Waals surface area contributed by atoms with Crippen molar-refractivity contribution in [2.24, 2.45) is 0 Å². The van der Waals surface area contributed by atoms with Crippen LogP contribution in [0.25, 0.3) is 0 Å². The number of aryl methyl sites for hydroxylation is 2. The lowest BCUT2D eigenvalue weighted by atomic mass is 9.86. The van der Waals surface area contributed by atoms with Gasteiger partial charge < -0.3 is 5.11 Å². The average Bonchev–Trinajstić information content (AvgIpc) is 2.77. The fourth-order valence-corrected chi connectivity index (χ4v) is 2.61. The van der Waals surface area contributed by atoms with Gasteiger partial charge >= 0.3 is 0 Å². The maximum Gasteiger partial charge on any atom is 0.102 e. The van der Waals surface area contributed by atoms with E-state index in [4.69, 9.17) is 0 Å². The van der Waals surface area contributed by atoms with Crippen molar-refractivity contribution in [3.63, 3.8) is 0 Å². The van der Waals surface area contributed by atoms with Gasteiger partial charge in [0.25, 0.3) is 0 Å². The molecule has 1 heterocycles. The molecule has 0 radical (unpaired) electrons. The second kappa shape index (κ2) is 4.00. The van der Waals surface area contributed by atoms with E-state index in [1.54, 1.807) is 0 Å². The molecule has 1 N–H and O–H groups in total. The van der Waals surface area contributed by atoms with Crippen LogP contribution in [0.15, 0.2) is 36.7 Å². The van der Waals surface area contributed by atoms with Gasteiger partial charge in [0.1, 0.15) is 6.10 Å². The highest BCUT2D eigenvalue weighted by atomic mass is 16.3. The Labute approximate surface area is 101 Å². The SMILES string of the molecule is Cc1cnn(C2CCc3ccccc3C2O)c1. The van der Waals surface area contributed by atoms with Crippen molar-refractivity contribution in [1.82, 2.24) is 9.78 Å². The van der Waals surface area contributed by atoms with E-state index in [1.807, 2.05) is 42.2 Å². The van der Waals surface area contributed by atoms with Crippen molar-refractivity contribution < 1.29 is 5.11 Å². The van der Waals surface area contributed by atoms with E-state index in [2.05, 4.69) is 11.2 Å². The van der Waals surface area contributed by atoms with Crippen LogP contribution in [0, 0.1) is 6.92 Å². The van der Waals surface area contributed by atoms with Crippen molar-refractivity contribution in [2.75, 3.05) is 0 Å². The van der Waals surface area contributed by atoms with E-state index < -0.39 is 6.10 Å². The predicted molar refractivity (Wildman–Crippen MR) is 65.7 cm³/mol. The smallest absolute Gasteiger partial charge is 0.102 e. The van der Waals surface area contributed by atoms with Crippen LogP contribution in [0.2, 0.25) is 0 Å². The third kappa shape index (κ3) is 1.76. The van der Waals surface area contributed by atoms with Gasteiger partial charge in [-0.1, -0.05) is 24.3 Å². The van der Waals surface area contributed by atoms with E-state index in [0.717, 1.165) is 24.0 Å². The molecule has 0 saturated carbocycles. The summed E-state index contributed by atoms with van der Waals surface area (Å²) in [5.41, 5.74) is 3.45. The quantitative estimate of drug-likeness (QED) is 0.814. The Hall–Kier alpha value is -1.61. The first-order chi connectivity index (χ1) is 8.25. The van der Waals surface area contributed by atoms with Crippen LogP contribution in [0.4, 0.5) is 0 Å². The number of aromatic nitrogens is 2. The van der Waals surface area contributed by atoms with Gasteiger partial charge in [0.15, 0.2) is 0 Å². The molecule has 88 valence electrons. The summed E-state index contributed by atoms with van der Waals surface area (Å²) in [4.78, 5) is 0. The van der Waals surface area contributed by atoms with Gasteiger partial charge in [-0.25, -0.2) is 0 Å². The molecule has 0 aliphatic heterocycles. The Bertz CT molecular complexity index is 533. The first kappa shape index (κ1) is 10.5. The predicted octanol–water partition coefficient (Wildman–Crippen LogP) is 2.41. The highest BCUT2D eigenvalue weighted by molar-refractivity contribution is 5.32. The molecule has 3 rings (SSSR count). The van der Waals surface area contributed by atoms with Gasteiger partial charge in [-0.2, -0.15) is 5.10 Å². The maximum atomic E-state index is 10.4. The zero-order valence-corrected chi connectivity index (χ0v) is 9.87. The van der Waals surface area contributed by atoms with Gasteiger partial charge in [-0.3, -0.25) is 4.68 Å². The summed E-state index contributed by atoms with van der Waals surface area (Å²) in [6, 6.07) is 8.20. The van der Waals surface area contributed by atoms with E-state index >= 15 is 0 Å². The number of nitrogens with zero attached hydrogens (tertiary/aromatic N) is 2. The summed E-state index contributed by atoms with van der Waals surface area (Å²) in [6.45, 7) is 2.02. The van der Waals surface area contributed by atoms with Gasteiger partial charge in [0, 0.05) is 6.20 Å². The lowest BCUT2D eigenvalue weighted by Gasteiger charge is -2.30. The Morgan fingerprint density at radius 1 is 1.35 bits per heavy atom. The minimum atomic E-state index is -0.445. The standard InChI is InChI=1S/C14H16N2O/c1-10-8-15-16(9-10)13-7-6-11-4-2-3-5-12(11)14(13)17/h2-5,8-9,13-14,17H,6-7H2,1H3. The molecule has 0 fully saturated rings. The topological polar surface area (TPSA) is 38.0 Å². The number of hydrogen-bond donors (Lipinski definition) is 1. The number of aliphatic hydroxyl groups excluding tert-OH is 1. The van der Waals surface area contributed by atoms with Crippen LogP contribution in [0.1, 0.15) is 35.3 Å². The number of benzene rings is 1. The molecular formula is C14H16N2O. The van der Waals surface area contributed by atoms with E-state index in [1.165, 1.54) is 5.56 Å². The molecule has 2 aromatic rings. The van der Waals surface area contributed by atoms with E-state index in [0.29, 0.717) is 0 Å². The summed E-state index contributed by atoms with van der Waals surface area (Å²) in [5.74, 6) is 0. The third-order valence-electron chi connectivity index (χ3n) is 3.52. The number of rotatable bonds is 1. The Balaban J connectivity index is 1.96. The lowest BCUT2D eigenvalue weighted by molar-refractivity contribution is 0.0922. The molecule has 2 unspecified atom stereocenters. The first-order valence-electron chi connectivity index (χ1n) is 6.02. The van der Waals surface area contributed by atoms with E-state index in [9.17, 15) is 5.11 Å². The molecule has 0 amide bonds. The average molecular weight is 228 g/mol. The largest absolute Gasteiger partial charge is 0.386 e. The molecule has 0 spiro atoms. The maximum absolute atomic E-state index is 10.4. The zero-order valence-electron chi connectivity index (χ0n) is 9.87. The van der Waals surface area contributed by atoms with Crippen LogP contribution in [-0.2, 0) is 6.42 Å². The van der Waals surface area contributed by atoms with Crippen molar-refractivity contribution in [2.45, 2.75) is 31.9 Å². The van der Waals surface area contributed by atoms with Crippen molar-refractivity contribution >= 4 is 0 Å². The molecule has 1 aromatic heterocycles. The lowest BCUT2D eigenvalue weighted by Crippen LogP contribution is -2.24. The number of aliphatic hydroxyl groups is 1. The molecule has 3 heteroatoms. The second-order valence-corrected chi connectivity index (χ2v) is 4.75. The van der Waals surface area contributed by atoms with E-state index in [-0.39, 0.29) is 6.04 Å². The molecule has 0 bridgehead atoms. The van der Waals surface area contributed by atoms with Crippen LogP contribution in [0.3, 0.4) is 0 Å². The van der Waals surface area contributed by atoms with Crippen molar-refractivity contribution in [3.05, 3.63) is 53.3 Å². The van der Waals surface area contributed by atoms with Gasteiger partial charge in [0.05, 0.1) is 12.2 Å². The highest BCUT2D eigenvalue weighted by Crippen LogP contribution is 2.36. The van der Waals surface area contributed by atoms with Gasteiger partial charge in [0.2, 0.25) is 0 Å². The zero-order chi connectivity index (χ0) is 11.8. The van der Waals surface area contributed by atoms with Crippen LogP contribution in [-0.4, -0.2) is 14.9 Å². The summed E-state index contributed by atoms with van der Waals surface area (Å²) in [5, 5.41) is 14.7. The fraction of sp³-hybridized carbons (Fsp3) is 0.357. The monoisotopic (exact) mass is 228 g/mol. The molecular weight excluding hydrogens is 212 g/mol.